The molecule has 7 heteroatoms. The molecule has 2 aromatic rings. The molecule has 0 unspecified atom stereocenters. The molecule has 2 heterocycles. The third kappa shape index (κ3) is 5.83. The zero-order valence-corrected chi connectivity index (χ0v) is 18.8. The van der Waals surface area contributed by atoms with Gasteiger partial charge in [-0.1, -0.05) is 25.1 Å². The van der Waals surface area contributed by atoms with Gasteiger partial charge < -0.3 is 15.0 Å². The fourth-order valence-corrected chi connectivity index (χ4v) is 4.62. The van der Waals surface area contributed by atoms with Crippen molar-refractivity contribution in [2.24, 2.45) is 5.92 Å². The van der Waals surface area contributed by atoms with E-state index in [0.717, 1.165) is 24.6 Å². The van der Waals surface area contributed by atoms with Crippen LogP contribution in [0.15, 0.2) is 41.8 Å². The van der Waals surface area contributed by atoms with Crippen molar-refractivity contribution in [2.45, 2.75) is 32.4 Å². The van der Waals surface area contributed by atoms with Crippen molar-refractivity contribution in [1.29, 1.82) is 0 Å². The number of thiophene rings is 1. The molecule has 3 rings (SSSR count). The summed E-state index contributed by atoms with van der Waals surface area (Å²) >= 11 is 1.75. The highest BCUT2D eigenvalue weighted by Crippen LogP contribution is 2.29. The molecule has 1 fully saturated rings. The molecule has 2 amide bonds. The van der Waals surface area contributed by atoms with Crippen LogP contribution < -0.4 is 5.32 Å². The molecule has 1 N–H and O–H groups in total. The first-order valence-corrected chi connectivity index (χ1v) is 11.3. The molecule has 1 aliphatic heterocycles. The number of ether oxygens (including phenoxy) is 1. The van der Waals surface area contributed by atoms with Gasteiger partial charge in [0.05, 0.1) is 18.7 Å². The molecule has 1 saturated heterocycles. The van der Waals surface area contributed by atoms with E-state index in [1.165, 1.54) is 24.8 Å². The first kappa shape index (κ1) is 22.3. The van der Waals surface area contributed by atoms with Crippen LogP contribution in [-0.2, 0) is 11.3 Å². The van der Waals surface area contributed by atoms with Crippen LogP contribution in [0.5, 0.6) is 0 Å². The van der Waals surface area contributed by atoms with Crippen LogP contribution in [0.3, 0.4) is 0 Å². The second kappa shape index (κ2) is 10.6. The maximum Gasteiger partial charge on any atom is 0.337 e. The number of likely N-dealkylation sites (tertiary alicyclic amines) is 1. The van der Waals surface area contributed by atoms with Crippen molar-refractivity contribution in [2.75, 3.05) is 33.8 Å². The second-order valence-corrected chi connectivity index (χ2v) is 8.96. The number of esters is 1. The minimum Gasteiger partial charge on any atom is -0.465 e. The number of piperidine rings is 1. The lowest BCUT2D eigenvalue weighted by Gasteiger charge is -2.36. The molecule has 0 radical (unpaired) electrons. The van der Waals surface area contributed by atoms with E-state index in [0.29, 0.717) is 18.7 Å². The molecular formula is C23H31N3O3S. The van der Waals surface area contributed by atoms with E-state index in [2.05, 4.69) is 34.7 Å². The summed E-state index contributed by atoms with van der Waals surface area (Å²) < 4.78 is 4.72. The zero-order chi connectivity index (χ0) is 21.5. The standard InChI is InChI=1S/C23H31N3O3S/c1-17-10-12-26(13-11-17)20(21-5-4-14-30-21)15-24-23(28)25(2)16-18-6-8-19(9-7-18)22(27)29-3/h4-9,14,17,20H,10-13,15-16H2,1-3H3,(H,24,28)/t20-/m0/s1. The van der Waals surface area contributed by atoms with Gasteiger partial charge in [-0.3, -0.25) is 4.90 Å². The van der Waals surface area contributed by atoms with Crippen molar-refractivity contribution in [3.8, 4) is 0 Å². The number of amides is 2. The third-order valence-corrected chi connectivity index (χ3v) is 6.69. The summed E-state index contributed by atoms with van der Waals surface area (Å²) in [7, 11) is 3.15. The highest BCUT2D eigenvalue weighted by atomic mass is 32.1. The number of carbonyl (C=O) groups excluding carboxylic acids is 2. The minimum absolute atomic E-state index is 0.0982. The summed E-state index contributed by atoms with van der Waals surface area (Å²) in [6.45, 7) is 5.52. The summed E-state index contributed by atoms with van der Waals surface area (Å²) in [5.41, 5.74) is 1.46. The molecule has 0 spiro atoms. The Morgan fingerprint density at radius 3 is 2.53 bits per heavy atom. The molecule has 0 bridgehead atoms. The van der Waals surface area contributed by atoms with Gasteiger partial charge in [-0.05, 0) is 61.0 Å². The first-order valence-electron chi connectivity index (χ1n) is 10.4. The number of nitrogens with one attached hydrogen (secondary N) is 1. The Labute approximate surface area is 182 Å². The average Bonchev–Trinajstić information content (AvgIpc) is 3.29. The summed E-state index contributed by atoms with van der Waals surface area (Å²) in [5, 5.41) is 5.21. The number of hydrogen-bond acceptors (Lipinski definition) is 5. The lowest BCUT2D eigenvalue weighted by Crippen LogP contribution is -2.44. The van der Waals surface area contributed by atoms with Crippen molar-refractivity contribution >= 4 is 23.3 Å². The Bertz CT molecular complexity index is 815. The van der Waals surface area contributed by atoms with Gasteiger partial charge in [-0.25, -0.2) is 9.59 Å². The Kier molecular flexibility index (Phi) is 7.87. The molecule has 6 nitrogen and oxygen atoms in total. The van der Waals surface area contributed by atoms with E-state index >= 15 is 0 Å². The highest BCUT2D eigenvalue weighted by Gasteiger charge is 2.26. The van der Waals surface area contributed by atoms with Crippen LogP contribution >= 0.6 is 11.3 Å². The highest BCUT2D eigenvalue weighted by molar-refractivity contribution is 7.10. The van der Waals surface area contributed by atoms with E-state index in [1.54, 1.807) is 35.4 Å². The van der Waals surface area contributed by atoms with Gasteiger partial charge in [-0.2, -0.15) is 0 Å². The summed E-state index contributed by atoms with van der Waals surface area (Å²) in [6, 6.07) is 11.5. The molecule has 162 valence electrons. The number of methoxy groups -OCH3 is 1. The quantitative estimate of drug-likeness (QED) is 0.672. The van der Waals surface area contributed by atoms with Gasteiger partial charge in [0.25, 0.3) is 0 Å². The topological polar surface area (TPSA) is 61.9 Å². The maximum absolute atomic E-state index is 12.7. The first-order chi connectivity index (χ1) is 14.5. The Hall–Kier alpha value is -2.38. The van der Waals surface area contributed by atoms with Gasteiger partial charge >= 0.3 is 12.0 Å². The Morgan fingerprint density at radius 1 is 1.23 bits per heavy atom. The molecular weight excluding hydrogens is 398 g/mol. The van der Waals surface area contributed by atoms with Crippen molar-refractivity contribution < 1.29 is 14.3 Å². The van der Waals surface area contributed by atoms with Crippen LogP contribution in [0.1, 0.15) is 46.6 Å². The fraction of sp³-hybridized carbons (Fsp3) is 0.478. The fourth-order valence-electron chi connectivity index (χ4n) is 3.76. The van der Waals surface area contributed by atoms with Gasteiger partial charge in [0, 0.05) is 25.0 Å². The average molecular weight is 430 g/mol. The number of nitrogens with zero attached hydrogens (tertiary/aromatic N) is 2. The number of hydrogen-bond donors (Lipinski definition) is 1. The van der Waals surface area contributed by atoms with Crippen LogP contribution in [-0.4, -0.2) is 55.6 Å². The summed E-state index contributed by atoms with van der Waals surface area (Å²) in [6.07, 6.45) is 2.41. The SMILES string of the molecule is COC(=O)c1ccc(CN(C)C(=O)NC[C@@H](c2cccs2)N2CCC(C)CC2)cc1. The van der Waals surface area contributed by atoms with Crippen molar-refractivity contribution in [3.63, 3.8) is 0 Å². The molecule has 1 aromatic carbocycles. The van der Waals surface area contributed by atoms with Crippen molar-refractivity contribution in [1.82, 2.24) is 15.1 Å². The van der Waals surface area contributed by atoms with Crippen molar-refractivity contribution in [3.05, 3.63) is 57.8 Å². The number of benzene rings is 1. The van der Waals surface area contributed by atoms with E-state index in [9.17, 15) is 9.59 Å². The van der Waals surface area contributed by atoms with Gasteiger partial charge in [0.15, 0.2) is 0 Å². The Morgan fingerprint density at radius 2 is 1.93 bits per heavy atom. The predicted molar refractivity (Wildman–Crippen MR) is 120 cm³/mol. The molecule has 1 aromatic heterocycles. The normalized spacial score (nSPS) is 16.1. The maximum atomic E-state index is 12.7. The van der Waals surface area contributed by atoms with Crippen LogP contribution in [0, 0.1) is 5.92 Å². The summed E-state index contributed by atoms with van der Waals surface area (Å²) in [5.74, 6) is 0.413. The lowest BCUT2D eigenvalue weighted by atomic mass is 9.97. The molecule has 1 aliphatic rings. The van der Waals surface area contributed by atoms with Gasteiger partial charge in [0.2, 0.25) is 0 Å². The minimum atomic E-state index is -0.362. The van der Waals surface area contributed by atoms with Gasteiger partial charge in [-0.15, -0.1) is 11.3 Å². The lowest BCUT2D eigenvalue weighted by molar-refractivity contribution is 0.0600. The zero-order valence-electron chi connectivity index (χ0n) is 18.0. The number of urea groups is 1. The molecule has 30 heavy (non-hydrogen) atoms. The van der Waals surface area contributed by atoms with E-state index in [4.69, 9.17) is 4.74 Å². The molecule has 0 saturated carbocycles. The smallest absolute Gasteiger partial charge is 0.337 e. The van der Waals surface area contributed by atoms with E-state index in [1.807, 2.05) is 12.1 Å². The van der Waals surface area contributed by atoms with Crippen LogP contribution in [0.25, 0.3) is 0 Å². The number of rotatable bonds is 7. The predicted octanol–water partition coefficient (Wildman–Crippen LogP) is 4.15. The Balaban J connectivity index is 1.56. The van der Waals surface area contributed by atoms with Crippen LogP contribution in [0.2, 0.25) is 0 Å². The second-order valence-electron chi connectivity index (χ2n) is 7.98. The monoisotopic (exact) mass is 429 g/mol. The van der Waals surface area contributed by atoms with Gasteiger partial charge in [0.1, 0.15) is 0 Å². The van der Waals surface area contributed by atoms with Crippen LogP contribution in [0.4, 0.5) is 4.79 Å². The van der Waals surface area contributed by atoms with E-state index in [-0.39, 0.29) is 18.0 Å². The van der Waals surface area contributed by atoms with E-state index < -0.39 is 0 Å². The third-order valence-electron chi connectivity index (χ3n) is 5.72. The molecule has 0 aliphatic carbocycles. The number of carbonyl (C=O) groups is 2. The largest absolute Gasteiger partial charge is 0.465 e. The summed E-state index contributed by atoms with van der Waals surface area (Å²) in [4.78, 5) is 29.7. The molecule has 1 atom stereocenters.